The molecule has 0 aromatic carbocycles. The van der Waals surface area contributed by atoms with Gasteiger partial charge in [0, 0.05) is 41.0 Å². The third-order valence-electron chi connectivity index (χ3n) is 5.52. The lowest BCUT2D eigenvalue weighted by atomic mass is 9.82. The largest absolute Gasteiger partial charge is 0.465 e. The molecule has 0 bridgehead atoms. The van der Waals surface area contributed by atoms with Gasteiger partial charge in [0.1, 0.15) is 0 Å². The van der Waals surface area contributed by atoms with Crippen LogP contribution < -0.4 is 0 Å². The first-order chi connectivity index (χ1) is 14.6. The van der Waals surface area contributed by atoms with Crippen LogP contribution in [0.25, 0.3) is 0 Å². The Balaban J connectivity index is 4.31. The molecule has 0 aliphatic heterocycles. The van der Waals surface area contributed by atoms with E-state index >= 15 is 0 Å². The fourth-order valence-electron chi connectivity index (χ4n) is 3.07. The Morgan fingerprint density at radius 1 is 0.613 bits per heavy atom. The summed E-state index contributed by atoms with van der Waals surface area (Å²) in [5.74, 6) is -0.910. The van der Waals surface area contributed by atoms with Crippen molar-refractivity contribution in [3.63, 3.8) is 0 Å². The lowest BCUT2D eigenvalue weighted by Crippen LogP contribution is -2.41. The molecule has 0 saturated heterocycles. The zero-order valence-electron chi connectivity index (χ0n) is 20.3. The molecule has 8 nitrogen and oxygen atoms in total. The van der Waals surface area contributed by atoms with Gasteiger partial charge in [-0.05, 0) is 51.4 Å². The summed E-state index contributed by atoms with van der Waals surface area (Å²) in [4.78, 5) is 51.5. The van der Waals surface area contributed by atoms with Crippen molar-refractivity contribution in [1.82, 2.24) is 9.80 Å². The van der Waals surface area contributed by atoms with E-state index in [1.807, 2.05) is 0 Å². The van der Waals surface area contributed by atoms with Crippen molar-refractivity contribution in [2.75, 3.05) is 41.4 Å². The number of esters is 2. The average Bonchev–Trinajstić information content (AvgIpc) is 2.73. The Kier molecular flexibility index (Phi) is 14.6. The molecule has 0 N–H and O–H groups in total. The zero-order chi connectivity index (χ0) is 23.9. The molecule has 0 aromatic heterocycles. The van der Waals surface area contributed by atoms with Gasteiger partial charge in [0.05, 0.1) is 13.2 Å². The van der Waals surface area contributed by atoms with Gasteiger partial charge in [0.2, 0.25) is 11.8 Å². The molecule has 31 heavy (non-hydrogen) atoms. The number of hydrogen-bond acceptors (Lipinski definition) is 6. The molecule has 0 aliphatic rings. The number of hydrogen-bond donors (Lipinski definition) is 0. The van der Waals surface area contributed by atoms with E-state index in [0.29, 0.717) is 38.5 Å². The average molecular weight is 443 g/mol. The molecule has 0 atom stereocenters. The summed E-state index contributed by atoms with van der Waals surface area (Å²) < 4.78 is 10.8. The van der Waals surface area contributed by atoms with E-state index in [1.165, 1.54) is 0 Å². The van der Waals surface area contributed by atoms with Crippen LogP contribution >= 0.6 is 0 Å². The molecule has 180 valence electrons. The highest BCUT2D eigenvalue weighted by Crippen LogP contribution is 2.30. The zero-order valence-corrected chi connectivity index (χ0v) is 20.3. The van der Waals surface area contributed by atoms with Gasteiger partial charge in [-0.3, -0.25) is 19.2 Å². The first-order valence-corrected chi connectivity index (χ1v) is 11.4. The standard InChI is InChI=1S/C23H42N2O6/c1-7-23(8-2,21(28)30-17-13-9-11-15-19(26)24(3)4)22(29)31-18-14-10-12-16-20(27)25(5)6/h7-18H2,1-6H3. The van der Waals surface area contributed by atoms with Gasteiger partial charge in [-0.15, -0.1) is 0 Å². The number of nitrogens with zero attached hydrogens (tertiary/aromatic N) is 2. The quantitative estimate of drug-likeness (QED) is 0.207. The minimum absolute atomic E-state index is 0.0834. The number of amides is 2. The summed E-state index contributed by atoms with van der Waals surface area (Å²) in [6, 6.07) is 0. The maximum absolute atomic E-state index is 12.6. The molecule has 0 unspecified atom stereocenters. The Bertz CT molecular complexity index is 524. The van der Waals surface area contributed by atoms with E-state index in [-0.39, 0.29) is 25.0 Å². The molecule has 0 heterocycles. The van der Waals surface area contributed by atoms with Crippen molar-refractivity contribution in [1.29, 1.82) is 0 Å². The van der Waals surface area contributed by atoms with E-state index in [1.54, 1.807) is 51.8 Å². The molecular weight excluding hydrogens is 400 g/mol. The van der Waals surface area contributed by atoms with Crippen LogP contribution in [0.15, 0.2) is 0 Å². The summed E-state index contributed by atoms with van der Waals surface area (Å²) >= 11 is 0. The second kappa shape index (κ2) is 15.6. The molecule has 0 rings (SSSR count). The van der Waals surface area contributed by atoms with E-state index in [9.17, 15) is 19.2 Å². The van der Waals surface area contributed by atoms with Crippen LogP contribution in [0.2, 0.25) is 0 Å². The number of carbonyl (C=O) groups excluding carboxylic acids is 4. The van der Waals surface area contributed by atoms with E-state index in [0.717, 1.165) is 25.7 Å². The Hall–Kier alpha value is -2.12. The normalized spacial score (nSPS) is 11.0. The summed E-state index contributed by atoms with van der Waals surface area (Å²) in [7, 11) is 6.91. The smallest absolute Gasteiger partial charge is 0.323 e. The molecular formula is C23H42N2O6. The van der Waals surface area contributed by atoms with Crippen LogP contribution in [0, 0.1) is 5.41 Å². The number of ether oxygens (including phenoxy) is 2. The van der Waals surface area contributed by atoms with Gasteiger partial charge in [-0.1, -0.05) is 13.8 Å². The van der Waals surface area contributed by atoms with Crippen LogP contribution in [0.1, 0.15) is 78.1 Å². The molecule has 0 aromatic rings. The van der Waals surface area contributed by atoms with Crippen LogP contribution in [-0.4, -0.2) is 75.0 Å². The minimum Gasteiger partial charge on any atom is -0.465 e. The fraction of sp³-hybridized carbons (Fsp3) is 0.826. The van der Waals surface area contributed by atoms with Crippen LogP contribution in [0.5, 0.6) is 0 Å². The third kappa shape index (κ3) is 10.6. The minimum atomic E-state index is -1.28. The van der Waals surface area contributed by atoms with Crippen LogP contribution in [-0.2, 0) is 28.7 Å². The highest BCUT2D eigenvalue weighted by Gasteiger charge is 2.45. The van der Waals surface area contributed by atoms with Gasteiger partial charge in [-0.25, -0.2) is 0 Å². The Morgan fingerprint density at radius 2 is 0.968 bits per heavy atom. The van der Waals surface area contributed by atoms with Crippen molar-refractivity contribution in [3.05, 3.63) is 0 Å². The predicted molar refractivity (Wildman–Crippen MR) is 119 cm³/mol. The third-order valence-corrected chi connectivity index (χ3v) is 5.52. The number of rotatable bonds is 16. The van der Waals surface area contributed by atoms with E-state index in [2.05, 4.69) is 0 Å². The molecule has 0 saturated carbocycles. The van der Waals surface area contributed by atoms with Crippen LogP contribution in [0.4, 0.5) is 0 Å². The van der Waals surface area contributed by atoms with Crippen molar-refractivity contribution < 1.29 is 28.7 Å². The van der Waals surface area contributed by atoms with Gasteiger partial charge >= 0.3 is 11.9 Å². The van der Waals surface area contributed by atoms with Crippen molar-refractivity contribution in [2.24, 2.45) is 5.41 Å². The maximum atomic E-state index is 12.6. The van der Waals surface area contributed by atoms with E-state index < -0.39 is 17.4 Å². The Labute approximate surface area is 187 Å². The highest BCUT2D eigenvalue weighted by atomic mass is 16.6. The number of carbonyl (C=O) groups is 4. The Morgan fingerprint density at radius 3 is 1.26 bits per heavy atom. The molecule has 8 heteroatoms. The summed E-state index contributed by atoms with van der Waals surface area (Å²) in [5, 5.41) is 0. The lowest BCUT2D eigenvalue weighted by molar-refractivity contribution is -0.173. The molecule has 0 aliphatic carbocycles. The highest BCUT2D eigenvalue weighted by molar-refractivity contribution is 6.00. The van der Waals surface area contributed by atoms with Gasteiger partial charge < -0.3 is 19.3 Å². The van der Waals surface area contributed by atoms with E-state index in [4.69, 9.17) is 9.47 Å². The first kappa shape index (κ1) is 28.9. The fourth-order valence-corrected chi connectivity index (χ4v) is 3.07. The maximum Gasteiger partial charge on any atom is 0.323 e. The SMILES string of the molecule is CCC(CC)(C(=O)OCCCCCC(=O)N(C)C)C(=O)OCCCCCC(=O)N(C)C. The van der Waals surface area contributed by atoms with Gasteiger partial charge in [0.25, 0.3) is 0 Å². The summed E-state index contributed by atoms with van der Waals surface area (Å²) in [5.41, 5.74) is -1.28. The molecule has 0 radical (unpaired) electrons. The van der Waals surface area contributed by atoms with Crippen molar-refractivity contribution in [3.8, 4) is 0 Å². The molecule has 2 amide bonds. The van der Waals surface area contributed by atoms with Crippen molar-refractivity contribution >= 4 is 23.8 Å². The van der Waals surface area contributed by atoms with Gasteiger partial charge in [0.15, 0.2) is 5.41 Å². The molecule has 0 spiro atoms. The predicted octanol–water partition coefficient (Wildman–Crippen LogP) is 3.18. The summed E-state index contributed by atoms with van der Waals surface area (Å²) in [6.07, 6.45) is 5.92. The first-order valence-electron chi connectivity index (χ1n) is 11.4. The second-order valence-electron chi connectivity index (χ2n) is 8.26. The summed E-state index contributed by atoms with van der Waals surface area (Å²) in [6.45, 7) is 4.02. The van der Waals surface area contributed by atoms with Crippen LogP contribution in [0.3, 0.4) is 0 Å². The van der Waals surface area contributed by atoms with Crippen molar-refractivity contribution in [2.45, 2.75) is 78.1 Å². The monoisotopic (exact) mass is 442 g/mol. The molecule has 0 fully saturated rings. The number of unbranched alkanes of at least 4 members (excludes halogenated alkanes) is 4. The lowest BCUT2D eigenvalue weighted by Gasteiger charge is -2.27. The van der Waals surface area contributed by atoms with Gasteiger partial charge in [-0.2, -0.15) is 0 Å². The topological polar surface area (TPSA) is 93.2 Å². The second-order valence-corrected chi connectivity index (χ2v) is 8.26.